The van der Waals surface area contributed by atoms with Crippen molar-refractivity contribution in [1.29, 1.82) is 0 Å². The molecule has 0 aliphatic carbocycles. The SMILES string of the molecule is NCCCC[C@@H](C=O)NC(=O)[C@H](CCC(=O)O)NC(=O)[C@H](Cc1cnc[nH]1)NC(=O)[C@H](Cc1ccccc1)NC(=O)[C@@H](N)CCCCN. The van der Waals surface area contributed by atoms with E-state index in [1.807, 2.05) is 6.07 Å². The summed E-state index contributed by atoms with van der Waals surface area (Å²) in [5.41, 5.74) is 18.4. The zero-order valence-electron chi connectivity index (χ0n) is 27.1. The molecule has 264 valence electrons. The molecular weight excluding hydrogens is 622 g/mol. The Hall–Kier alpha value is -4.67. The lowest BCUT2D eigenvalue weighted by atomic mass is 10.0. The summed E-state index contributed by atoms with van der Waals surface area (Å²) in [5.74, 6) is -3.97. The van der Waals surface area contributed by atoms with Crippen molar-refractivity contribution in [2.45, 2.75) is 94.4 Å². The molecule has 12 N–H and O–H groups in total. The maximum absolute atomic E-state index is 13.8. The zero-order chi connectivity index (χ0) is 35.3. The Bertz CT molecular complexity index is 1290. The van der Waals surface area contributed by atoms with Crippen molar-refractivity contribution in [1.82, 2.24) is 31.2 Å². The monoisotopic (exact) mass is 671 g/mol. The van der Waals surface area contributed by atoms with Gasteiger partial charge in [-0.25, -0.2) is 4.98 Å². The number of nitrogens with two attached hydrogens (primary N) is 3. The average Bonchev–Trinajstić information content (AvgIpc) is 3.59. The van der Waals surface area contributed by atoms with Gasteiger partial charge in [0.25, 0.3) is 0 Å². The third-order valence-corrected chi connectivity index (χ3v) is 7.57. The number of aliphatic carboxylic acids is 1. The van der Waals surface area contributed by atoms with Gasteiger partial charge in [0.2, 0.25) is 23.6 Å². The van der Waals surface area contributed by atoms with E-state index in [4.69, 9.17) is 17.2 Å². The zero-order valence-corrected chi connectivity index (χ0v) is 27.1. The minimum absolute atomic E-state index is 0.0779. The third kappa shape index (κ3) is 14.8. The van der Waals surface area contributed by atoms with E-state index in [0.717, 1.165) is 5.56 Å². The number of unbranched alkanes of at least 4 members (excludes halogenated alkanes) is 2. The van der Waals surface area contributed by atoms with Gasteiger partial charge in [-0.2, -0.15) is 0 Å². The smallest absolute Gasteiger partial charge is 0.303 e. The van der Waals surface area contributed by atoms with E-state index in [9.17, 15) is 33.9 Å². The summed E-state index contributed by atoms with van der Waals surface area (Å²) in [4.78, 5) is 83.4. The van der Waals surface area contributed by atoms with Gasteiger partial charge < -0.3 is 53.4 Å². The molecule has 2 aromatic rings. The van der Waals surface area contributed by atoms with Crippen molar-refractivity contribution >= 4 is 35.9 Å². The first kappa shape index (κ1) is 39.5. The van der Waals surface area contributed by atoms with Gasteiger partial charge in [0.15, 0.2) is 0 Å². The quantitative estimate of drug-likeness (QED) is 0.0471. The number of nitrogens with one attached hydrogen (secondary N) is 5. The van der Waals surface area contributed by atoms with Gasteiger partial charge in [0.1, 0.15) is 24.4 Å². The molecule has 0 bridgehead atoms. The van der Waals surface area contributed by atoms with Crippen molar-refractivity contribution in [2.24, 2.45) is 17.2 Å². The summed E-state index contributed by atoms with van der Waals surface area (Å²) in [5, 5.41) is 19.8. The Morgan fingerprint density at radius 3 is 1.94 bits per heavy atom. The largest absolute Gasteiger partial charge is 0.481 e. The molecule has 0 unspecified atom stereocenters. The lowest BCUT2D eigenvalue weighted by molar-refractivity contribution is -0.138. The molecule has 5 atom stereocenters. The normalized spacial score (nSPS) is 14.1. The average molecular weight is 672 g/mol. The number of carboxylic acids is 1. The molecule has 1 aromatic heterocycles. The summed E-state index contributed by atoms with van der Waals surface area (Å²) in [6, 6.07) is 3.48. The first-order valence-electron chi connectivity index (χ1n) is 16.1. The van der Waals surface area contributed by atoms with Crippen LogP contribution >= 0.6 is 0 Å². The number of aromatic nitrogens is 2. The number of hydrogen-bond acceptors (Lipinski definition) is 10. The molecule has 48 heavy (non-hydrogen) atoms. The van der Waals surface area contributed by atoms with E-state index in [1.54, 1.807) is 24.3 Å². The lowest BCUT2D eigenvalue weighted by Gasteiger charge is -2.26. The standard InChI is InChI=1S/C32H49N9O7/c33-14-6-4-10-22(19-42)38-30(46)25(12-13-28(43)44)39-32(48)27(17-23-18-36-20-37-23)41-31(47)26(16-21-8-2-1-3-9-21)40-29(45)24(35)11-5-7-15-34/h1-3,8-9,18-20,22,24-27H,4-7,10-17,33-35H2,(H,36,37)(H,38,46)(H,39,48)(H,40,45)(H,41,47)(H,43,44)/t22-,24-,25-,26-,27-/m0/s1. The number of aldehydes is 1. The number of hydrogen-bond donors (Lipinski definition) is 9. The van der Waals surface area contributed by atoms with E-state index >= 15 is 0 Å². The highest BCUT2D eigenvalue weighted by atomic mass is 16.4. The van der Waals surface area contributed by atoms with E-state index < -0.39 is 66.2 Å². The van der Waals surface area contributed by atoms with Crippen LogP contribution in [0, 0.1) is 0 Å². The van der Waals surface area contributed by atoms with Crippen LogP contribution < -0.4 is 38.5 Å². The molecule has 0 fully saturated rings. The van der Waals surface area contributed by atoms with Crippen molar-refractivity contribution in [2.75, 3.05) is 13.1 Å². The molecule has 0 saturated carbocycles. The second-order valence-electron chi connectivity index (χ2n) is 11.5. The van der Waals surface area contributed by atoms with Crippen molar-refractivity contribution < 1.29 is 33.9 Å². The Labute approximate surface area is 279 Å². The number of H-pyrrole nitrogens is 1. The van der Waals surface area contributed by atoms with Gasteiger partial charge in [0, 0.05) is 31.2 Å². The Kier molecular flexibility index (Phi) is 18.1. The van der Waals surface area contributed by atoms with Gasteiger partial charge in [-0.05, 0) is 57.2 Å². The number of carbonyl (C=O) groups excluding carboxylic acids is 5. The molecule has 0 aliphatic heterocycles. The van der Waals surface area contributed by atoms with Crippen LogP contribution in [0.5, 0.6) is 0 Å². The van der Waals surface area contributed by atoms with Gasteiger partial charge in [0.05, 0.1) is 18.4 Å². The number of carboxylic acid groups (broad SMARTS) is 1. The number of imidazole rings is 1. The molecule has 16 heteroatoms. The Morgan fingerprint density at radius 1 is 0.771 bits per heavy atom. The van der Waals surface area contributed by atoms with Crippen LogP contribution in [0.3, 0.4) is 0 Å². The van der Waals surface area contributed by atoms with Crippen LogP contribution in [0.25, 0.3) is 0 Å². The minimum Gasteiger partial charge on any atom is -0.481 e. The summed E-state index contributed by atoms with van der Waals surface area (Å²) in [7, 11) is 0. The van der Waals surface area contributed by atoms with Gasteiger partial charge in [-0.3, -0.25) is 24.0 Å². The lowest BCUT2D eigenvalue weighted by Crippen LogP contribution is -2.59. The van der Waals surface area contributed by atoms with E-state index in [-0.39, 0.29) is 19.3 Å². The fraction of sp³-hybridized carbons (Fsp3) is 0.531. The van der Waals surface area contributed by atoms with Crippen LogP contribution in [-0.4, -0.2) is 94.3 Å². The number of amides is 4. The Balaban J connectivity index is 2.29. The predicted octanol–water partition coefficient (Wildman–Crippen LogP) is -1.22. The number of nitrogens with zero attached hydrogens (tertiary/aromatic N) is 1. The first-order valence-corrected chi connectivity index (χ1v) is 16.1. The maximum atomic E-state index is 13.8. The van der Waals surface area contributed by atoms with Crippen LogP contribution in [0.1, 0.15) is 62.6 Å². The van der Waals surface area contributed by atoms with Crippen molar-refractivity contribution in [3.63, 3.8) is 0 Å². The highest BCUT2D eigenvalue weighted by molar-refractivity contribution is 5.95. The van der Waals surface area contributed by atoms with E-state index in [1.165, 1.54) is 12.5 Å². The van der Waals surface area contributed by atoms with Gasteiger partial charge in [-0.15, -0.1) is 0 Å². The van der Waals surface area contributed by atoms with Crippen molar-refractivity contribution in [3.8, 4) is 0 Å². The molecule has 2 rings (SSSR count). The molecule has 16 nitrogen and oxygen atoms in total. The number of benzene rings is 1. The minimum atomic E-state index is -1.34. The van der Waals surface area contributed by atoms with Gasteiger partial charge >= 0.3 is 5.97 Å². The second-order valence-corrected chi connectivity index (χ2v) is 11.5. The van der Waals surface area contributed by atoms with Crippen LogP contribution in [0.15, 0.2) is 42.9 Å². The van der Waals surface area contributed by atoms with Crippen LogP contribution in [0.4, 0.5) is 0 Å². The molecule has 1 aromatic carbocycles. The summed E-state index contributed by atoms with van der Waals surface area (Å²) in [6.45, 7) is 0.871. The number of carbonyl (C=O) groups is 6. The van der Waals surface area contributed by atoms with Crippen LogP contribution in [0.2, 0.25) is 0 Å². The summed E-state index contributed by atoms with van der Waals surface area (Å²) < 4.78 is 0. The fourth-order valence-electron chi connectivity index (χ4n) is 4.85. The highest BCUT2D eigenvalue weighted by Gasteiger charge is 2.32. The first-order chi connectivity index (χ1) is 23.1. The highest BCUT2D eigenvalue weighted by Crippen LogP contribution is 2.09. The molecule has 4 amide bonds. The van der Waals surface area contributed by atoms with Crippen LogP contribution in [-0.2, 0) is 41.6 Å². The molecule has 0 saturated heterocycles. The molecule has 0 aliphatic rings. The number of rotatable bonds is 24. The summed E-state index contributed by atoms with van der Waals surface area (Å²) in [6.07, 6.45) is 5.91. The molecule has 1 heterocycles. The number of aromatic amines is 1. The molecule has 0 radical (unpaired) electrons. The molecular formula is C32H49N9O7. The van der Waals surface area contributed by atoms with E-state index in [0.29, 0.717) is 63.6 Å². The van der Waals surface area contributed by atoms with Crippen molar-refractivity contribution in [3.05, 3.63) is 54.1 Å². The maximum Gasteiger partial charge on any atom is 0.303 e. The van der Waals surface area contributed by atoms with Gasteiger partial charge in [-0.1, -0.05) is 36.8 Å². The third-order valence-electron chi connectivity index (χ3n) is 7.57. The predicted molar refractivity (Wildman–Crippen MR) is 177 cm³/mol. The Morgan fingerprint density at radius 2 is 1.35 bits per heavy atom. The fourth-order valence-corrected chi connectivity index (χ4v) is 4.85. The topological polar surface area (TPSA) is 278 Å². The van der Waals surface area contributed by atoms with E-state index in [2.05, 4.69) is 31.2 Å². The molecule has 0 spiro atoms. The second kappa shape index (κ2) is 22.0. The summed E-state index contributed by atoms with van der Waals surface area (Å²) >= 11 is 0.